The molecule has 1 atom stereocenters. The summed E-state index contributed by atoms with van der Waals surface area (Å²) in [6, 6.07) is 8.49. The average molecular weight is 394 g/mol. The Bertz CT molecular complexity index is 863. The predicted octanol–water partition coefficient (Wildman–Crippen LogP) is 3.37. The molecule has 0 fully saturated rings. The van der Waals surface area contributed by atoms with Crippen LogP contribution in [-0.4, -0.2) is 35.3 Å². The van der Waals surface area contributed by atoms with Gasteiger partial charge < -0.3 is 14.2 Å². The number of hydrogen-bond donors (Lipinski definition) is 1. The van der Waals surface area contributed by atoms with E-state index >= 15 is 0 Å². The molecule has 148 valence electrons. The van der Waals surface area contributed by atoms with Gasteiger partial charge in [-0.3, -0.25) is 0 Å². The van der Waals surface area contributed by atoms with Crippen LogP contribution in [0.1, 0.15) is 23.6 Å². The summed E-state index contributed by atoms with van der Waals surface area (Å²) in [4.78, 5) is 0.322. The molecule has 1 unspecified atom stereocenters. The summed E-state index contributed by atoms with van der Waals surface area (Å²) in [6.07, 6.45) is 0. The topological polar surface area (TPSA) is 73.9 Å². The number of nitrogens with one attached hydrogen (secondary N) is 1. The van der Waals surface area contributed by atoms with E-state index in [-0.39, 0.29) is 6.61 Å². The van der Waals surface area contributed by atoms with E-state index in [1.807, 2.05) is 19.1 Å². The third-order valence-electron chi connectivity index (χ3n) is 4.05. The summed E-state index contributed by atoms with van der Waals surface area (Å²) in [6.45, 7) is 7.48. The van der Waals surface area contributed by atoms with Gasteiger partial charge in [-0.25, -0.2) is 13.1 Å². The lowest BCUT2D eigenvalue weighted by atomic mass is 10.1. The van der Waals surface area contributed by atoms with Crippen LogP contribution >= 0.6 is 0 Å². The fourth-order valence-corrected chi connectivity index (χ4v) is 4.72. The number of ether oxygens (including phenoxy) is 3. The molecule has 0 saturated heterocycles. The Morgan fingerprint density at radius 2 is 1.37 bits per heavy atom. The van der Waals surface area contributed by atoms with E-state index in [4.69, 9.17) is 14.2 Å². The smallest absolute Gasteiger partial charge is 0.241 e. The minimum Gasteiger partial charge on any atom is -0.496 e. The SMILES string of the molecule is COc1cc(OC)cc(OCC(C)NS(=O)(=O)c2c(C)cc(C)cc2C)c1. The first-order chi connectivity index (χ1) is 12.7. The van der Waals surface area contributed by atoms with Crippen LogP contribution < -0.4 is 18.9 Å². The van der Waals surface area contributed by atoms with Gasteiger partial charge in [-0.05, 0) is 38.8 Å². The molecule has 27 heavy (non-hydrogen) atoms. The molecule has 0 spiro atoms. The monoisotopic (exact) mass is 393 g/mol. The second-order valence-electron chi connectivity index (χ2n) is 6.61. The van der Waals surface area contributed by atoms with Gasteiger partial charge >= 0.3 is 0 Å². The Labute approximate surface area is 161 Å². The molecule has 1 N–H and O–H groups in total. The van der Waals surface area contributed by atoms with Gasteiger partial charge in [0.05, 0.1) is 25.2 Å². The average Bonchev–Trinajstić information content (AvgIpc) is 2.57. The summed E-state index contributed by atoms with van der Waals surface area (Å²) < 4.78 is 44.4. The number of aryl methyl sites for hydroxylation is 3. The molecular formula is C20H27NO5S. The summed E-state index contributed by atoms with van der Waals surface area (Å²) in [7, 11) is -0.533. The summed E-state index contributed by atoms with van der Waals surface area (Å²) >= 11 is 0. The van der Waals surface area contributed by atoms with Crippen molar-refractivity contribution >= 4 is 10.0 Å². The van der Waals surface area contributed by atoms with Gasteiger partial charge in [0.15, 0.2) is 0 Å². The molecule has 0 saturated carbocycles. The van der Waals surface area contributed by atoms with Gasteiger partial charge in [0.2, 0.25) is 10.0 Å². The zero-order valence-corrected chi connectivity index (χ0v) is 17.4. The van der Waals surface area contributed by atoms with Gasteiger partial charge in [-0.2, -0.15) is 0 Å². The van der Waals surface area contributed by atoms with E-state index in [1.54, 1.807) is 53.2 Å². The van der Waals surface area contributed by atoms with Gasteiger partial charge in [-0.1, -0.05) is 17.7 Å². The van der Waals surface area contributed by atoms with Gasteiger partial charge in [-0.15, -0.1) is 0 Å². The Kier molecular flexibility index (Phi) is 6.73. The molecule has 0 bridgehead atoms. The molecule has 6 nitrogen and oxygen atoms in total. The molecule has 0 aromatic heterocycles. The van der Waals surface area contributed by atoms with Crippen LogP contribution in [-0.2, 0) is 10.0 Å². The van der Waals surface area contributed by atoms with Crippen LogP contribution in [0, 0.1) is 20.8 Å². The number of benzene rings is 2. The van der Waals surface area contributed by atoms with Crippen LogP contribution in [0.5, 0.6) is 17.2 Å². The van der Waals surface area contributed by atoms with E-state index in [2.05, 4.69) is 4.72 Å². The molecule has 2 rings (SSSR count). The van der Waals surface area contributed by atoms with E-state index in [1.165, 1.54) is 0 Å². The molecular weight excluding hydrogens is 366 g/mol. The van der Waals surface area contributed by atoms with Crippen molar-refractivity contribution in [2.24, 2.45) is 0 Å². The lowest BCUT2D eigenvalue weighted by molar-refractivity contribution is 0.283. The molecule has 0 aliphatic heterocycles. The molecule has 0 amide bonds. The van der Waals surface area contributed by atoms with Crippen LogP contribution in [0.25, 0.3) is 0 Å². The third-order valence-corrected chi connectivity index (χ3v) is 5.95. The van der Waals surface area contributed by atoms with Gasteiger partial charge in [0, 0.05) is 18.2 Å². The van der Waals surface area contributed by atoms with Crippen LogP contribution in [0.2, 0.25) is 0 Å². The van der Waals surface area contributed by atoms with Gasteiger partial charge in [0.25, 0.3) is 0 Å². The van der Waals surface area contributed by atoms with Crippen LogP contribution in [0.3, 0.4) is 0 Å². The highest BCUT2D eigenvalue weighted by Crippen LogP contribution is 2.27. The maximum atomic E-state index is 12.8. The Balaban J connectivity index is 2.11. The molecule has 0 aliphatic rings. The normalized spacial score (nSPS) is 12.5. The van der Waals surface area contributed by atoms with Crippen LogP contribution in [0.4, 0.5) is 0 Å². The van der Waals surface area contributed by atoms with Crippen molar-refractivity contribution in [1.29, 1.82) is 0 Å². The van der Waals surface area contributed by atoms with Crippen molar-refractivity contribution in [2.75, 3.05) is 20.8 Å². The minimum absolute atomic E-state index is 0.166. The predicted molar refractivity (Wildman–Crippen MR) is 105 cm³/mol. The Hall–Kier alpha value is -2.25. The summed E-state index contributed by atoms with van der Waals surface area (Å²) in [5.74, 6) is 1.74. The van der Waals surface area contributed by atoms with Crippen molar-refractivity contribution < 1.29 is 22.6 Å². The van der Waals surface area contributed by atoms with E-state index in [9.17, 15) is 8.42 Å². The number of sulfonamides is 1. The van der Waals surface area contributed by atoms with E-state index in [0.29, 0.717) is 22.1 Å². The van der Waals surface area contributed by atoms with Crippen molar-refractivity contribution in [3.05, 3.63) is 47.0 Å². The second kappa shape index (κ2) is 8.63. The molecule has 2 aromatic rings. The van der Waals surface area contributed by atoms with Crippen molar-refractivity contribution in [3.63, 3.8) is 0 Å². The number of hydrogen-bond acceptors (Lipinski definition) is 5. The Morgan fingerprint density at radius 3 is 1.85 bits per heavy atom. The maximum absolute atomic E-state index is 12.8. The minimum atomic E-state index is -3.65. The summed E-state index contributed by atoms with van der Waals surface area (Å²) in [5.41, 5.74) is 2.49. The molecule has 2 aromatic carbocycles. The van der Waals surface area contributed by atoms with E-state index < -0.39 is 16.1 Å². The standard InChI is InChI=1S/C20H27NO5S/c1-13-7-14(2)20(15(3)8-13)27(22,23)21-16(4)12-26-19-10-17(24-5)9-18(11-19)25-6/h7-11,16,21H,12H2,1-6H3. The number of methoxy groups -OCH3 is 2. The fourth-order valence-electron chi connectivity index (χ4n) is 3.03. The first-order valence-electron chi connectivity index (χ1n) is 8.62. The molecule has 0 aliphatic carbocycles. The quantitative estimate of drug-likeness (QED) is 0.744. The highest BCUT2D eigenvalue weighted by molar-refractivity contribution is 7.89. The molecule has 0 radical (unpaired) electrons. The van der Waals surface area contributed by atoms with Crippen molar-refractivity contribution in [3.8, 4) is 17.2 Å². The third kappa shape index (κ3) is 5.37. The highest BCUT2D eigenvalue weighted by Gasteiger charge is 2.22. The lowest BCUT2D eigenvalue weighted by Crippen LogP contribution is -2.37. The first kappa shape index (κ1) is 21.1. The van der Waals surface area contributed by atoms with Crippen molar-refractivity contribution in [1.82, 2.24) is 4.72 Å². The maximum Gasteiger partial charge on any atom is 0.241 e. The zero-order valence-electron chi connectivity index (χ0n) is 16.6. The van der Waals surface area contributed by atoms with E-state index in [0.717, 1.165) is 16.7 Å². The molecule has 7 heteroatoms. The molecule has 0 heterocycles. The fraction of sp³-hybridized carbons (Fsp3) is 0.400. The lowest BCUT2D eigenvalue weighted by Gasteiger charge is -2.18. The largest absolute Gasteiger partial charge is 0.496 e. The van der Waals surface area contributed by atoms with Crippen LogP contribution in [0.15, 0.2) is 35.2 Å². The van der Waals surface area contributed by atoms with Crippen molar-refractivity contribution in [2.45, 2.75) is 38.6 Å². The Morgan fingerprint density at radius 1 is 0.889 bits per heavy atom. The first-order valence-corrected chi connectivity index (χ1v) is 10.1. The second-order valence-corrected chi connectivity index (χ2v) is 8.26. The zero-order chi connectivity index (χ0) is 20.2. The number of rotatable bonds is 8. The summed E-state index contributed by atoms with van der Waals surface area (Å²) in [5, 5.41) is 0. The van der Waals surface area contributed by atoms with Gasteiger partial charge in [0.1, 0.15) is 23.9 Å². The highest BCUT2D eigenvalue weighted by atomic mass is 32.2.